The average Bonchev–Trinajstić information content (AvgIpc) is 3.24. The number of rotatable bonds is 7. The highest BCUT2D eigenvalue weighted by Crippen LogP contribution is 2.33. The zero-order valence-electron chi connectivity index (χ0n) is 19.8. The molecule has 1 heterocycles. The number of benzene rings is 2. The number of hydrogen-bond donors (Lipinski definition) is 3. The van der Waals surface area contributed by atoms with Crippen molar-refractivity contribution in [3.63, 3.8) is 0 Å². The fraction of sp³-hybridized carbons (Fsp3) is 0.444. The van der Waals surface area contributed by atoms with E-state index >= 15 is 0 Å². The van der Waals surface area contributed by atoms with Gasteiger partial charge in [0.05, 0.1) is 18.5 Å². The predicted octanol–water partition coefficient (Wildman–Crippen LogP) is 4.87. The first-order chi connectivity index (χ1) is 15.9. The number of aryl methyl sites for hydroxylation is 1. The van der Waals surface area contributed by atoms with Gasteiger partial charge in [-0.15, -0.1) is 0 Å². The molecule has 4 rings (SSSR count). The molecule has 2 amide bonds. The highest BCUT2D eigenvalue weighted by atomic mass is 16.2. The molecular weight excluding hydrogens is 412 g/mol. The quantitative estimate of drug-likeness (QED) is 0.567. The van der Waals surface area contributed by atoms with E-state index in [4.69, 9.17) is 5.41 Å². The van der Waals surface area contributed by atoms with Gasteiger partial charge in [0.2, 0.25) is 5.91 Å². The van der Waals surface area contributed by atoms with E-state index in [-0.39, 0.29) is 35.4 Å². The number of hydrogen-bond acceptors (Lipinski definition) is 3. The van der Waals surface area contributed by atoms with Crippen molar-refractivity contribution in [2.75, 3.05) is 0 Å². The Bertz CT molecular complexity index is 1040. The summed E-state index contributed by atoms with van der Waals surface area (Å²) in [5.74, 6) is 0.00787. The molecule has 0 unspecified atom stereocenters. The van der Waals surface area contributed by atoms with Crippen molar-refractivity contribution in [3.05, 3.63) is 70.8 Å². The standard InChI is InChI=1S/C27H34N4O2/c1-4-23(31-24(32)17-27(5-2,6-3)30-26(31)28)19-11-9-12-20(16-19)25(33)29-22-15-14-18-10-7-8-13-21(18)22/h7-13,16,22-23H,4-6,14-15,17H2,1-3H3,(H2,28,30)(H,29,33)/t22-,23+/m0/s1. The Balaban J connectivity index is 1.53. The summed E-state index contributed by atoms with van der Waals surface area (Å²) in [6.07, 6.45) is 4.50. The number of fused-ring (bicyclic) bond motifs is 1. The van der Waals surface area contributed by atoms with Crippen LogP contribution in [0.1, 0.15) is 92.0 Å². The third-order valence-electron chi connectivity index (χ3n) is 7.41. The van der Waals surface area contributed by atoms with Crippen molar-refractivity contribution in [3.8, 4) is 0 Å². The molecule has 6 heteroatoms. The third-order valence-corrected chi connectivity index (χ3v) is 7.41. The van der Waals surface area contributed by atoms with Gasteiger partial charge in [-0.25, -0.2) is 0 Å². The second-order valence-electron chi connectivity index (χ2n) is 9.21. The summed E-state index contributed by atoms with van der Waals surface area (Å²) in [5, 5.41) is 15.1. The molecule has 6 nitrogen and oxygen atoms in total. The van der Waals surface area contributed by atoms with Crippen molar-refractivity contribution in [1.29, 1.82) is 5.41 Å². The van der Waals surface area contributed by atoms with E-state index in [2.05, 4.69) is 36.6 Å². The van der Waals surface area contributed by atoms with Gasteiger partial charge >= 0.3 is 0 Å². The molecule has 0 radical (unpaired) electrons. The molecular formula is C27H34N4O2. The van der Waals surface area contributed by atoms with Crippen molar-refractivity contribution in [2.24, 2.45) is 0 Å². The summed E-state index contributed by atoms with van der Waals surface area (Å²) in [6.45, 7) is 6.11. The number of nitrogens with zero attached hydrogens (tertiary/aromatic N) is 1. The number of carbonyl (C=O) groups excluding carboxylic acids is 2. The molecule has 33 heavy (non-hydrogen) atoms. The van der Waals surface area contributed by atoms with Crippen molar-refractivity contribution >= 4 is 17.8 Å². The highest BCUT2D eigenvalue weighted by Gasteiger charge is 2.41. The minimum absolute atomic E-state index is 0.0246. The molecule has 1 aliphatic heterocycles. The summed E-state index contributed by atoms with van der Waals surface area (Å²) in [4.78, 5) is 27.8. The van der Waals surface area contributed by atoms with E-state index in [0.29, 0.717) is 18.4 Å². The average molecular weight is 447 g/mol. The molecule has 0 spiro atoms. The predicted molar refractivity (Wildman–Crippen MR) is 130 cm³/mol. The second-order valence-corrected chi connectivity index (χ2v) is 9.21. The van der Waals surface area contributed by atoms with Crippen LogP contribution in [-0.4, -0.2) is 28.2 Å². The Morgan fingerprint density at radius 3 is 2.64 bits per heavy atom. The van der Waals surface area contributed by atoms with Crippen LogP contribution in [0.25, 0.3) is 0 Å². The molecule has 3 N–H and O–H groups in total. The number of guanidine groups is 1. The van der Waals surface area contributed by atoms with Crippen LogP contribution < -0.4 is 10.6 Å². The van der Waals surface area contributed by atoms with E-state index in [1.807, 2.05) is 43.3 Å². The van der Waals surface area contributed by atoms with Crippen LogP contribution in [0.5, 0.6) is 0 Å². The fourth-order valence-electron chi connectivity index (χ4n) is 5.26. The topological polar surface area (TPSA) is 85.3 Å². The lowest BCUT2D eigenvalue weighted by molar-refractivity contribution is -0.132. The molecule has 1 aliphatic carbocycles. The SMILES string of the molecule is CC[C@H](c1cccc(C(=O)N[C@H]2CCc3ccccc32)c1)N1C(=N)NC(CC)(CC)CC1=O. The van der Waals surface area contributed by atoms with Crippen molar-refractivity contribution in [2.45, 2.75) is 76.9 Å². The Labute approximate surface area is 196 Å². The van der Waals surface area contributed by atoms with Gasteiger partial charge in [-0.1, -0.05) is 57.2 Å². The molecule has 2 aliphatic rings. The van der Waals surface area contributed by atoms with Gasteiger partial charge in [0.25, 0.3) is 5.91 Å². The zero-order chi connectivity index (χ0) is 23.6. The van der Waals surface area contributed by atoms with Crippen LogP contribution in [0.3, 0.4) is 0 Å². The monoisotopic (exact) mass is 446 g/mol. The maximum atomic E-state index is 13.1. The van der Waals surface area contributed by atoms with Crippen molar-refractivity contribution in [1.82, 2.24) is 15.5 Å². The van der Waals surface area contributed by atoms with Gasteiger partial charge < -0.3 is 10.6 Å². The van der Waals surface area contributed by atoms with Crippen LogP contribution in [-0.2, 0) is 11.2 Å². The summed E-state index contributed by atoms with van der Waals surface area (Å²) in [7, 11) is 0. The molecule has 0 aromatic heterocycles. The van der Waals surface area contributed by atoms with Crippen LogP contribution >= 0.6 is 0 Å². The maximum absolute atomic E-state index is 13.1. The Morgan fingerprint density at radius 2 is 1.94 bits per heavy atom. The molecule has 2 atom stereocenters. The lowest BCUT2D eigenvalue weighted by Gasteiger charge is -2.44. The van der Waals surface area contributed by atoms with Gasteiger partial charge in [0.15, 0.2) is 5.96 Å². The molecule has 1 saturated heterocycles. The molecule has 1 fully saturated rings. The first-order valence-electron chi connectivity index (χ1n) is 12.1. The van der Waals surface area contributed by atoms with Crippen LogP contribution in [0, 0.1) is 5.41 Å². The highest BCUT2D eigenvalue weighted by molar-refractivity contribution is 6.00. The Hall–Kier alpha value is -3.15. The largest absolute Gasteiger partial charge is 0.350 e. The zero-order valence-corrected chi connectivity index (χ0v) is 19.8. The first-order valence-corrected chi connectivity index (χ1v) is 12.1. The molecule has 174 valence electrons. The molecule has 0 saturated carbocycles. The normalized spacial score (nSPS) is 20.2. The van der Waals surface area contributed by atoms with Gasteiger partial charge in [0, 0.05) is 11.1 Å². The van der Waals surface area contributed by atoms with E-state index in [9.17, 15) is 9.59 Å². The van der Waals surface area contributed by atoms with E-state index < -0.39 is 0 Å². The van der Waals surface area contributed by atoms with E-state index in [1.54, 1.807) is 4.90 Å². The molecule has 0 bridgehead atoms. The number of carbonyl (C=O) groups is 2. The van der Waals surface area contributed by atoms with E-state index in [0.717, 1.165) is 31.2 Å². The molecule has 2 aromatic carbocycles. The number of amides is 2. The van der Waals surface area contributed by atoms with Crippen LogP contribution in [0.4, 0.5) is 0 Å². The second kappa shape index (κ2) is 9.38. The van der Waals surface area contributed by atoms with E-state index in [1.165, 1.54) is 11.1 Å². The van der Waals surface area contributed by atoms with Gasteiger partial charge in [-0.3, -0.25) is 19.9 Å². The first kappa shape index (κ1) is 23.0. The van der Waals surface area contributed by atoms with Gasteiger partial charge in [0.1, 0.15) is 0 Å². The summed E-state index contributed by atoms with van der Waals surface area (Å²) < 4.78 is 0. The Kier molecular flexibility index (Phi) is 6.54. The minimum Gasteiger partial charge on any atom is -0.350 e. The maximum Gasteiger partial charge on any atom is 0.251 e. The molecule has 2 aromatic rings. The van der Waals surface area contributed by atoms with Gasteiger partial charge in [-0.2, -0.15) is 0 Å². The lowest BCUT2D eigenvalue weighted by Crippen LogP contribution is -2.62. The number of nitrogens with one attached hydrogen (secondary N) is 3. The Morgan fingerprint density at radius 1 is 1.18 bits per heavy atom. The summed E-state index contributed by atoms with van der Waals surface area (Å²) >= 11 is 0. The minimum atomic E-state index is -0.345. The van der Waals surface area contributed by atoms with Gasteiger partial charge in [-0.05, 0) is 60.9 Å². The van der Waals surface area contributed by atoms with Crippen LogP contribution in [0.15, 0.2) is 48.5 Å². The third kappa shape index (κ3) is 4.39. The summed E-state index contributed by atoms with van der Waals surface area (Å²) in [5.41, 5.74) is 3.60. The van der Waals surface area contributed by atoms with Crippen LogP contribution in [0.2, 0.25) is 0 Å². The lowest BCUT2D eigenvalue weighted by atomic mass is 9.86. The smallest absolute Gasteiger partial charge is 0.251 e. The summed E-state index contributed by atoms with van der Waals surface area (Å²) in [6, 6.07) is 15.5. The fourth-order valence-corrected chi connectivity index (χ4v) is 5.26. The van der Waals surface area contributed by atoms with Crippen molar-refractivity contribution < 1.29 is 9.59 Å².